The maximum atomic E-state index is 5.31. The fourth-order valence-electron chi connectivity index (χ4n) is 2.16. The highest BCUT2D eigenvalue weighted by Gasteiger charge is 2.05. The van der Waals surface area contributed by atoms with Crippen molar-refractivity contribution in [1.29, 1.82) is 0 Å². The first-order chi connectivity index (χ1) is 11.7. The number of benzene rings is 2. The summed E-state index contributed by atoms with van der Waals surface area (Å²) in [6.45, 7) is 1.26. The summed E-state index contributed by atoms with van der Waals surface area (Å²) in [5, 5.41) is 6.96. The molecule has 0 fully saturated rings. The van der Waals surface area contributed by atoms with E-state index >= 15 is 0 Å². The highest BCUT2D eigenvalue weighted by molar-refractivity contribution is 7.80. The van der Waals surface area contributed by atoms with Gasteiger partial charge in [0.1, 0.15) is 5.75 Å². The first-order valence-corrected chi connectivity index (χ1v) is 7.92. The molecule has 0 aliphatic carbocycles. The number of ether oxygens (including phenoxy) is 3. The summed E-state index contributed by atoms with van der Waals surface area (Å²) in [7, 11) is 4.89. The highest BCUT2D eigenvalue weighted by atomic mass is 32.1. The van der Waals surface area contributed by atoms with E-state index in [0.29, 0.717) is 29.7 Å². The lowest BCUT2D eigenvalue weighted by molar-refractivity contribution is 0.354. The van der Waals surface area contributed by atoms with Crippen molar-refractivity contribution in [2.24, 2.45) is 0 Å². The Morgan fingerprint density at radius 3 is 1.96 bits per heavy atom. The smallest absolute Gasteiger partial charge is 0.166 e. The number of methoxy groups -OCH3 is 3. The lowest BCUT2D eigenvalue weighted by Gasteiger charge is -2.13. The Kier molecular flexibility index (Phi) is 6.69. The van der Waals surface area contributed by atoms with E-state index < -0.39 is 0 Å². The monoisotopic (exact) mass is 346 g/mol. The predicted octanol–water partition coefficient (Wildman–Crippen LogP) is 2.88. The van der Waals surface area contributed by atoms with Gasteiger partial charge in [-0.1, -0.05) is 18.2 Å². The zero-order chi connectivity index (χ0) is 17.4. The Morgan fingerprint density at radius 1 is 0.792 bits per heavy atom. The van der Waals surface area contributed by atoms with Gasteiger partial charge in [-0.05, 0) is 47.6 Å². The molecule has 2 aromatic carbocycles. The third-order valence-corrected chi connectivity index (χ3v) is 3.80. The molecule has 2 N–H and O–H groups in total. The molecule has 0 heterocycles. The Labute approximate surface area is 147 Å². The molecular weight excluding hydrogens is 324 g/mol. The minimum Gasteiger partial charge on any atom is -0.497 e. The fourth-order valence-corrected chi connectivity index (χ4v) is 2.31. The minimum atomic E-state index is 0.598. The molecule has 0 unspecified atom stereocenters. The van der Waals surface area contributed by atoms with Gasteiger partial charge in [-0.25, -0.2) is 0 Å². The first-order valence-electron chi connectivity index (χ1n) is 7.51. The first kappa shape index (κ1) is 17.9. The summed E-state index contributed by atoms with van der Waals surface area (Å²) in [6, 6.07) is 13.6. The average Bonchev–Trinajstić information content (AvgIpc) is 2.64. The Morgan fingerprint density at radius 2 is 1.38 bits per heavy atom. The van der Waals surface area contributed by atoms with Crippen LogP contribution >= 0.6 is 12.2 Å². The van der Waals surface area contributed by atoms with Crippen LogP contribution in [0.1, 0.15) is 11.1 Å². The van der Waals surface area contributed by atoms with E-state index in [1.54, 1.807) is 21.3 Å². The van der Waals surface area contributed by atoms with Crippen LogP contribution in [0.15, 0.2) is 42.5 Å². The van der Waals surface area contributed by atoms with Crippen LogP contribution in [0.3, 0.4) is 0 Å². The van der Waals surface area contributed by atoms with Crippen molar-refractivity contribution in [3.8, 4) is 17.2 Å². The van der Waals surface area contributed by atoms with Gasteiger partial charge in [-0.2, -0.15) is 0 Å². The van der Waals surface area contributed by atoms with Gasteiger partial charge < -0.3 is 24.8 Å². The lowest BCUT2D eigenvalue weighted by Crippen LogP contribution is -2.34. The zero-order valence-electron chi connectivity index (χ0n) is 14.1. The van der Waals surface area contributed by atoms with Gasteiger partial charge in [0.15, 0.2) is 16.6 Å². The average molecular weight is 346 g/mol. The number of nitrogens with one attached hydrogen (secondary N) is 2. The van der Waals surface area contributed by atoms with Crippen LogP contribution in [0.5, 0.6) is 17.2 Å². The van der Waals surface area contributed by atoms with Crippen LogP contribution in [0.2, 0.25) is 0 Å². The van der Waals surface area contributed by atoms with Crippen molar-refractivity contribution in [3.63, 3.8) is 0 Å². The molecule has 0 spiro atoms. The van der Waals surface area contributed by atoms with Gasteiger partial charge in [0.05, 0.1) is 21.3 Å². The molecular formula is C18H22N2O3S. The molecule has 5 nitrogen and oxygen atoms in total. The van der Waals surface area contributed by atoms with Gasteiger partial charge in [-0.15, -0.1) is 0 Å². The zero-order valence-corrected chi connectivity index (χ0v) is 14.9. The minimum absolute atomic E-state index is 0.598. The number of thiocarbonyl (C=S) groups is 1. The summed E-state index contributed by atoms with van der Waals surface area (Å²) in [6.07, 6.45) is 0. The summed E-state index contributed by atoms with van der Waals surface area (Å²) in [5.74, 6) is 2.25. The van der Waals surface area contributed by atoms with Crippen molar-refractivity contribution in [1.82, 2.24) is 10.6 Å². The fraction of sp³-hybridized carbons (Fsp3) is 0.278. The van der Waals surface area contributed by atoms with Crippen molar-refractivity contribution in [2.75, 3.05) is 21.3 Å². The maximum absolute atomic E-state index is 5.31. The highest BCUT2D eigenvalue weighted by Crippen LogP contribution is 2.27. The molecule has 0 aliphatic heterocycles. The van der Waals surface area contributed by atoms with E-state index in [4.69, 9.17) is 26.4 Å². The topological polar surface area (TPSA) is 51.8 Å². The second-order valence-corrected chi connectivity index (χ2v) is 5.48. The Hall–Kier alpha value is -2.47. The molecule has 24 heavy (non-hydrogen) atoms. The number of rotatable bonds is 7. The normalized spacial score (nSPS) is 9.96. The van der Waals surface area contributed by atoms with E-state index in [9.17, 15) is 0 Å². The summed E-state index contributed by atoms with van der Waals surface area (Å²) in [4.78, 5) is 0. The lowest BCUT2D eigenvalue weighted by atomic mass is 10.2. The van der Waals surface area contributed by atoms with E-state index in [-0.39, 0.29) is 0 Å². The largest absolute Gasteiger partial charge is 0.497 e. The molecule has 0 bridgehead atoms. The van der Waals surface area contributed by atoms with Crippen LogP contribution < -0.4 is 24.8 Å². The van der Waals surface area contributed by atoms with E-state index in [1.807, 2.05) is 42.5 Å². The number of hydrogen-bond acceptors (Lipinski definition) is 4. The van der Waals surface area contributed by atoms with E-state index in [0.717, 1.165) is 16.9 Å². The predicted molar refractivity (Wildman–Crippen MR) is 98.8 cm³/mol. The molecule has 0 radical (unpaired) electrons. The summed E-state index contributed by atoms with van der Waals surface area (Å²) in [5.41, 5.74) is 2.19. The van der Waals surface area contributed by atoms with Crippen LogP contribution in [0.4, 0.5) is 0 Å². The molecule has 6 heteroatoms. The van der Waals surface area contributed by atoms with Gasteiger partial charge in [0.2, 0.25) is 0 Å². The second-order valence-electron chi connectivity index (χ2n) is 5.07. The van der Waals surface area contributed by atoms with Crippen molar-refractivity contribution in [3.05, 3.63) is 53.6 Å². The van der Waals surface area contributed by atoms with E-state index in [1.165, 1.54) is 0 Å². The van der Waals surface area contributed by atoms with Crippen LogP contribution in [0.25, 0.3) is 0 Å². The molecule has 0 saturated carbocycles. The Bertz CT molecular complexity index is 674. The molecule has 0 aromatic heterocycles. The SMILES string of the molecule is COc1ccc(CNC(=S)NCc2ccc(OC)c(OC)c2)cc1. The van der Waals surface area contributed by atoms with Crippen LogP contribution in [-0.2, 0) is 13.1 Å². The van der Waals surface area contributed by atoms with Gasteiger partial charge in [-0.3, -0.25) is 0 Å². The van der Waals surface area contributed by atoms with Crippen molar-refractivity contribution in [2.45, 2.75) is 13.1 Å². The quantitative estimate of drug-likeness (QED) is 0.752. The number of hydrogen-bond donors (Lipinski definition) is 2. The molecule has 128 valence electrons. The molecule has 0 aliphatic rings. The standard InChI is InChI=1S/C18H22N2O3S/c1-21-15-7-4-13(5-8-15)11-19-18(24)20-12-14-6-9-16(22-2)17(10-14)23-3/h4-10H,11-12H2,1-3H3,(H2,19,20,24). The molecule has 2 rings (SSSR count). The molecule has 0 saturated heterocycles. The maximum Gasteiger partial charge on any atom is 0.166 e. The third-order valence-electron chi connectivity index (χ3n) is 3.51. The van der Waals surface area contributed by atoms with E-state index in [2.05, 4.69) is 10.6 Å². The molecule has 0 atom stereocenters. The Balaban J connectivity index is 1.82. The third kappa shape index (κ3) is 5.03. The second kappa shape index (κ2) is 8.98. The van der Waals surface area contributed by atoms with Gasteiger partial charge >= 0.3 is 0 Å². The molecule has 0 amide bonds. The summed E-state index contributed by atoms with van der Waals surface area (Å²) < 4.78 is 15.7. The van der Waals surface area contributed by atoms with Crippen molar-refractivity contribution >= 4 is 17.3 Å². The van der Waals surface area contributed by atoms with Crippen molar-refractivity contribution < 1.29 is 14.2 Å². The van der Waals surface area contributed by atoms with Crippen LogP contribution in [0, 0.1) is 0 Å². The molecule has 2 aromatic rings. The van der Waals surface area contributed by atoms with Gasteiger partial charge in [0.25, 0.3) is 0 Å². The van der Waals surface area contributed by atoms with Crippen LogP contribution in [-0.4, -0.2) is 26.4 Å². The van der Waals surface area contributed by atoms with Gasteiger partial charge in [0, 0.05) is 13.1 Å². The summed E-state index contributed by atoms with van der Waals surface area (Å²) >= 11 is 5.31.